The van der Waals surface area contributed by atoms with Crippen molar-refractivity contribution in [3.63, 3.8) is 0 Å². The highest BCUT2D eigenvalue weighted by atomic mass is 28.4. The van der Waals surface area contributed by atoms with Crippen LogP contribution in [0.25, 0.3) is 0 Å². The zero-order chi connectivity index (χ0) is 17.4. The van der Waals surface area contributed by atoms with E-state index in [-0.39, 0.29) is 28.4 Å². The minimum atomic E-state index is -1.76. The molecule has 1 unspecified atom stereocenters. The molecule has 0 spiro atoms. The van der Waals surface area contributed by atoms with Gasteiger partial charge in [-0.1, -0.05) is 34.1 Å². The Bertz CT molecular complexity index is 501. The molecule has 4 atom stereocenters. The lowest BCUT2D eigenvalue weighted by Gasteiger charge is -2.43. The SMILES string of the molecule is CC[C@@H]1CC(CO[Si](C)(C)C(C)(C)C)C[C@@H]2C(=O)C=CC(=O)[C@H]12. The fraction of sp³-hybridized carbons (Fsp3) is 0.789. The average molecular weight is 337 g/mol. The van der Waals surface area contributed by atoms with Gasteiger partial charge in [0.2, 0.25) is 0 Å². The third kappa shape index (κ3) is 3.85. The van der Waals surface area contributed by atoms with E-state index in [2.05, 4.69) is 40.8 Å². The van der Waals surface area contributed by atoms with Gasteiger partial charge in [-0.15, -0.1) is 0 Å². The van der Waals surface area contributed by atoms with Gasteiger partial charge >= 0.3 is 0 Å². The van der Waals surface area contributed by atoms with Gasteiger partial charge in [-0.25, -0.2) is 0 Å². The fourth-order valence-electron chi connectivity index (χ4n) is 3.73. The van der Waals surface area contributed by atoms with Crippen molar-refractivity contribution in [2.45, 2.75) is 65.1 Å². The van der Waals surface area contributed by atoms with Crippen LogP contribution in [0.3, 0.4) is 0 Å². The highest BCUT2D eigenvalue weighted by Gasteiger charge is 2.45. The molecule has 0 radical (unpaired) electrons. The van der Waals surface area contributed by atoms with Gasteiger partial charge in [-0.05, 0) is 55.0 Å². The number of allylic oxidation sites excluding steroid dienone is 2. The predicted molar refractivity (Wildman–Crippen MR) is 95.8 cm³/mol. The molecule has 3 nitrogen and oxygen atoms in total. The Labute approximate surface area is 142 Å². The van der Waals surface area contributed by atoms with Gasteiger partial charge in [0, 0.05) is 18.4 Å². The zero-order valence-electron chi connectivity index (χ0n) is 15.5. The molecule has 0 aromatic rings. The standard InChI is InChI=1S/C19H32O3Si/c1-7-14-10-13(12-22-23(5,6)19(2,3)4)11-15-16(20)8-9-17(21)18(14)15/h8-9,13-15,18H,7,10-12H2,1-6H3/t13?,14-,15-,18-/m1/s1. The van der Waals surface area contributed by atoms with Gasteiger partial charge in [-0.3, -0.25) is 9.59 Å². The second-order valence-corrected chi connectivity index (χ2v) is 13.7. The largest absolute Gasteiger partial charge is 0.417 e. The van der Waals surface area contributed by atoms with E-state index in [1.165, 1.54) is 12.2 Å². The second-order valence-electron chi connectivity index (χ2n) is 8.85. The first-order valence-corrected chi connectivity index (χ1v) is 11.9. The molecule has 2 aliphatic carbocycles. The Morgan fingerprint density at radius 3 is 2.30 bits per heavy atom. The molecule has 0 saturated heterocycles. The van der Waals surface area contributed by atoms with E-state index in [0.717, 1.165) is 25.9 Å². The molecule has 2 aliphatic rings. The summed E-state index contributed by atoms with van der Waals surface area (Å²) in [6.07, 6.45) is 5.78. The van der Waals surface area contributed by atoms with E-state index in [1.807, 2.05) is 0 Å². The second kappa shape index (κ2) is 6.64. The van der Waals surface area contributed by atoms with E-state index < -0.39 is 8.32 Å². The van der Waals surface area contributed by atoms with Crippen molar-refractivity contribution in [1.82, 2.24) is 0 Å². The summed E-state index contributed by atoms with van der Waals surface area (Å²) in [5, 5.41) is 0.202. The number of ketones is 2. The summed E-state index contributed by atoms with van der Waals surface area (Å²) in [6, 6.07) is 0. The van der Waals surface area contributed by atoms with Crippen molar-refractivity contribution >= 4 is 19.9 Å². The number of rotatable bonds is 4. The van der Waals surface area contributed by atoms with Gasteiger partial charge in [0.15, 0.2) is 19.9 Å². The van der Waals surface area contributed by atoms with Crippen LogP contribution in [-0.2, 0) is 14.0 Å². The topological polar surface area (TPSA) is 43.4 Å². The van der Waals surface area contributed by atoms with E-state index >= 15 is 0 Å². The summed E-state index contributed by atoms with van der Waals surface area (Å²) in [5.41, 5.74) is 0. The highest BCUT2D eigenvalue weighted by Crippen LogP contribution is 2.44. The van der Waals surface area contributed by atoms with Crippen LogP contribution < -0.4 is 0 Å². The highest BCUT2D eigenvalue weighted by molar-refractivity contribution is 6.74. The minimum Gasteiger partial charge on any atom is -0.417 e. The smallest absolute Gasteiger partial charge is 0.191 e. The summed E-state index contributed by atoms with van der Waals surface area (Å²) in [4.78, 5) is 24.5. The molecule has 0 aliphatic heterocycles. The van der Waals surface area contributed by atoms with E-state index in [1.54, 1.807) is 0 Å². The zero-order valence-corrected chi connectivity index (χ0v) is 16.5. The van der Waals surface area contributed by atoms with Crippen molar-refractivity contribution in [2.75, 3.05) is 6.61 Å². The van der Waals surface area contributed by atoms with Gasteiger partial charge < -0.3 is 4.43 Å². The maximum Gasteiger partial charge on any atom is 0.191 e. The summed E-state index contributed by atoms with van der Waals surface area (Å²) >= 11 is 0. The van der Waals surface area contributed by atoms with Gasteiger partial charge in [0.1, 0.15) is 0 Å². The van der Waals surface area contributed by atoms with Crippen molar-refractivity contribution in [3.8, 4) is 0 Å². The van der Waals surface area contributed by atoms with Crippen LogP contribution in [0.5, 0.6) is 0 Å². The Morgan fingerprint density at radius 2 is 1.74 bits per heavy atom. The molecule has 130 valence electrons. The molecular formula is C19H32O3Si. The van der Waals surface area contributed by atoms with E-state index in [9.17, 15) is 9.59 Å². The number of hydrogen-bond acceptors (Lipinski definition) is 3. The van der Waals surface area contributed by atoms with Gasteiger partial charge in [0.25, 0.3) is 0 Å². The lowest BCUT2D eigenvalue weighted by Crippen LogP contribution is -2.46. The molecule has 4 heteroatoms. The third-order valence-electron chi connectivity index (χ3n) is 6.28. The summed E-state index contributed by atoms with van der Waals surface area (Å²) in [7, 11) is -1.76. The maximum atomic E-state index is 12.3. The Morgan fingerprint density at radius 1 is 1.13 bits per heavy atom. The Balaban J connectivity index is 2.08. The molecule has 1 saturated carbocycles. The van der Waals surface area contributed by atoms with E-state index in [4.69, 9.17) is 4.43 Å². The Kier molecular flexibility index (Phi) is 5.36. The molecule has 23 heavy (non-hydrogen) atoms. The number of carbonyl (C=O) groups excluding carboxylic acids is 2. The first-order chi connectivity index (χ1) is 10.6. The molecule has 0 aromatic heterocycles. The minimum absolute atomic E-state index is 0.0818. The monoisotopic (exact) mass is 336 g/mol. The first kappa shape index (κ1) is 18.6. The predicted octanol–water partition coefficient (Wildman–Crippen LogP) is 4.38. The molecular weight excluding hydrogens is 304 g/mol. The molecule has 0 heterocycles. The first-order valence-electron chi connectivity index (χ1n) is 8.96. The summed E-state index contributed by atoms with van der Waals surface area (Å²) in [5.74, 6) is 0.831. The summed E-state index contributed by atoms with van der Waals surface area (Å²) < 4.78 is 6.39. The van der Waals surface area contributed by atoms with Crippen LogP contribution in [0.1, 0.15) is 47.0 Å². The van der Waals surface area contributed by atoms with Crippen molar-refractivity contribution < 1.29 is 14.0 Å². The summed E-state index contributed by atoms with van der Waals surface area (Å²) in [6.45, 7) is 14.2. The van der Waals surface area contributed by atoms with Crippen LogP contribution in [0.15, 0.2) is 12.2 Å². The van der Waals surface area contributed by atoms with Crippen LogP contribution in [0.4, 0.5) is 0 Å². The molecule has 0 aromatic carbocycles. The molecule has 0 N–H and O–H groups in total. The average Bonchev–Trinajstić information content (AvgIpc) is 2.47. The maximum absolute atomic E-state index is 12.3. The quantitative estimate of drug-likeness (QED) is 0.715. The lowest BCUT2D eigenvalue weighted by molar-refractivity contribution is -0.134. The van der Waals surface area contributed by atoms with Gasteiger partial charge in [0.05, 0.1) is 0 Å². The van der Waals surface area contributed by atoms with Crippen molar-refractivity contribution in [1.29, 1.82) is 0 Å². The molecule has 2 rings (SSSR count). The Hall–Kier alpha value is -0.743. The number of fused-ring (bicyclic) bond motifs is 1. The molecule has 1 fully saturated rings. The van der Waals surface area contributed by atoms with Crippen LogP contribution in [-0.4, -0.2) is 26.5 Å². The van der Waals surface area contributed by atoms with Gasteiger partial charge in [-0.2, -0.15) is 0 Å². The van der Waals surface area contributed by atoms with Crippen molar-refractivity contribution in [2.24, 2.45) is 23.7 Å². The number of hydrogen-bond donors (Lipinski definition) is 0. The lowest BCUT2D eigenvalue weighted by atomic mass is 9.62. The van der Waals surface area contributed by atoms with Crippen LogP contribution >= 0.6 is 0 Å². The third-order valence-corrected chi connectivity index (χ3v) is 10.8. The molecule has 0 amide bonds. The fourth-order valence-corrected chi connectivity index (χ4v) is 4.81. The molecule has 0 bridgehead atoms. The van der Waals surface area contributed by atoms with Crippen molar-refractivity contribution in [3.05, 3.63) is 12.2 Å². The normalized spacial score (nSPS) is 32.1. The van der Waals surface area contributed by atoms with Crippen LogP contribution in [0.2, 0.25) is 18.1 Å². The number of carbonyl (C=O) groups is 2. The van der Waals surface area contributed by atoms with Crippen LogP contribution in [0, 0.1) is 23.7 Å². The van der Waals surface area contributed by atoms with E-state index in [0.29, 0.717) is 11.8 Å².